The average Bonchev–Trinajstić information content (AvgIpc) is 1.99. The topological polar surface area (TPSA) is 72.3 Å². The second-order valence-corrected chi connectivity index (χ2v) is 5.40. The van der Waals surface area contributed by atoms with Gasteiger partial charge in [0.1, 0.15) is 0 Å². The Hall–Kier alpha value is -0.610. The van der Waals surface area contributed by atoms with Crippen LogP contribution in [0.4, 0.5) is 0 Å². The van der Waals surface area contributed by atoms with E-state index < -0.39 is 0 Å². The third kappa shape index (κ3) is 5.14. The molecule has 1 amide bonds. The normalized spacial score (nSPS) is 24.1. The fraction of sp³-hybridized carbons (Fsp3) is 0.909. The van der Waals surface area contributed by atoms with E-state index in [1.165, 1.54) is 0 Å². The second-order valence-electron chi connectivity index (χ2n) is 5.40. The number of hydrogen-bond donors (Lipinski definition) is 2. The molecule has 1 fully saturated rings. The summed E-state index contributed by atoms with van der Waals surface area (Å²) in [6.07, 6.45) is 2.78. The van der Waals surface area contributed by atoms with E-state index in [0.29, 0.717) is 12.3 Å². The van der Waals surface area contributed by atoms with Gasteiger partial charge < -0.3 is 16.4 Å². The van der Waals surface area contributed by atoms with Gasteiger partial charge in [0.05, 0.1) is 0 Å². The van der Waals surface area contributed by atoms with Crippen molar-refractivity contribution in [2.45, 2.75) is 38.6 Å². The third-order valence-corrected chi connectivity index (χ3v) is 2.72. The summed E-state index contributed by atoms with van der Waals surface area (Å²) >= 11 is 0. The van der Waals surface area contributed by atoms with Gasteiger partial charge in [-0.3, -0.25) is 4.79 Å². The smallest absolute Gasteiger partial charge is 0.217 e. The first-order chi connectivity index (χ1) is 6.87. The third-order valence-electron chi connectivity index (χ3n) is 2.72. The van der Waals surface area contributed by atoms with Crippen LogP contribution < -0.4 is 11.5 Å². The number of likely N-dealkylation sites (tertiary alicyclic amines) is 1. The van der Waals surface area contributed by atoms with Crippen molar-refractivity contribution in [2.75, 3.05) is 19.6 Å². The van der Waals surface area contributed by atoms with Gasteiger partial charge in [0.2, 0.25) is 5.91 Å². The average molecular weight is 213 g/mol. The number of amides is 1. The maximum atomic E-state index is 10.8. The van der Waals surface area contributed by atoms with Crippen molar-refractivity contribution < 1.29 is 4.79 Å². The molecule has 0 bridgehead atoms. The van der Waals surface area contributed by atoms with E-state index in [4.69, 9.17) is 11.5 Å². The summed E-state index contributed by atoms with van der Waals surface area (Å²) in [5, 5.41) is 0. The van der Waals surface area contributed by atoms with Gasteiger partial charge in [0, 0.05) is 25.0 Å². The Labute approximate surface area is 92.0 Å². The van der Waals surface area contributed by atoms with E-state index in [0.717, 1.165) is 32.5 Å². The molecule has 1 unspecified atom stereocenters. The van der Waals surface area contributed by atoms with Crippen molar-refractivity contribution in [3.05, 3.63) is 0 Å². The van der Waals surface area contributed by atoms with Gasteiger partial charge in [0.15, 0.2) is 0 Å². The zero-order valence-electron chi connectivity index (χ0n) is 9.83. The van der Waals surface area contributed by atoms with Gasteiger partial charge >= 0.3 is 0 Å². The first-order valence-electron chi connectivity index (χ1n) is 5.66. The fourth-order valence-corrected chi connectivity index (χ4v) is 2.32. The molecule has 4 heteroatoms. The quantitative estimate of drug-likeness (QED) is 0.706. The Kier molecular flexibility index (Phi) is 4.11. The zero-order valence-corrected chi connectivity index (χ0v) is 9.83. The van der Waals surface area contributed by atoms with Crippen LogP contribution in [0.1, 0.15) is 33.1 Å². The van der Waals surface area contributed by atoms with Crippen molar-refractivity contribution in [2.24, 2.45) is 17.4 Å². The largest absolute Gasteiger partial charge is 0.370 e. The monoisotopic (exact) mass is 213 g/mol. The van der Waals surface area contributed by atoms with E-state index in [2.05, 4.69) is 4.90 Å². The lowest BCUT2D eigenvalue weighted by atomic mass is 9.93. The Balaban J connectivity index is 2.38. The molecule has 0 spiro atoms. The number of piperidine rings is 1. The summed E-state index contributed by atoms with van der Waals surface area (Å²) in [6.45, 7) is 7.01. The maximum Gasteiger partial charge on any atom is 0.217 e. The van der Waals surface area contributed by atoms with Crippen LogP contribution in [0.2, 0.25) is 0 Å². The molecule has 88 valence electrons. The van der Waals surface area contributed by atoms with E-state index in [-0.39, 0.29) is 11.4 Å². The van der Waals surface area contributed by atoms with Gasteiger partial charge in [-0.15, -0.1) is 0 Å². The summed E-state index contributed by atoms with van der Waals surface area (Å²) in [5.41, 5.74) is 11.0. The second kappa shape index (κ2) is 4.94. The summed E-state index contributed by atoms with van der Waals surface area (Å²) < 4.78 is 0. The van der Waals surface area contributed by atoms with Crippen molar-refractivity contribution in [1.29, 1.82) is 0 Å². The first kappa shape index (κ1) is 12.5. The van der Waals surface area contributed by atoms with Crippen molar-refractivity contribution in [3.63, 3.8) is 0 Å². The highest BCUT2D eigenvalue weighted by Crippen LogP contribution is 2.20. The summed E-state index contributed by atoms with van der Waals surface area (Å²) in [4.78, 5) is 13.2. The molecule has 0 aromatic rings. The highest BCUT2D eigenvalue weighted by molar-refractivity contribution is 5.74. The van der Waals surface area contributed by atoms with Gasteiger partial charge in [-0.2, -0.15) is 0 Å². The Bertz CT molecular complexity index is 222. The highest BCUT2D eigenvalue weighted by Gasteiger charge is 2.24. The Morgan fingerprint density at radius 2 is 2.20 bits per heavy atom. The number of nitrogens with zero attached hydrogens (tertiary/aromatic N) is 1. The molecule has 4 N–H and O–H groups in total. The number of hydrogen-bond acceptors (Lipinski definition) is 3. The molecular weight excluding hydrogens is 190 g/mol. The predicted molar refractivity (Wildman–Crippen MR) is 61.2 cm³/mol. The van der Waals surface area contributed by atoms with Crippen LogP contribution >= 0.6 is 0 Å². The molecule has 15 heavy (non-hydrogen) atoms. The van der Waals surface area contributed by atoms with Crippen LogP contribution in [-0.2, 0) is 4.79 Å². The van der Waals surface area contributed by atoms with Crippen molar-refractivity contribution in [3.8, 4) is 0 Å². The lowest BCUT2D eigenvalue weighted by Gasteiger charge is -2.36. The Morgan fingerprint density at radius 1 is 1.53 bits per heavy atom. The van der Waals surface area contributed by atoms with Gasteiger partial charge in [-0.1, -0.05) is 0 Å². The molecule has 0 aliphatic carbocycles. The molecule has 4 nitrogen and oxygen atoms in total. The predicted octanol–water partition coefficient (Wildman–Crippen LogP) is 0.311. The molecule has 1 rings (SSSR count). The van der Waals surface area contributed by atoms with Crippen molar-refractivity contribution >= 4 is 5.91 Å². The van der Waals surface area contributed by atoms with Gasteiger partial charge in [-0.05, 0) is 39.2 Å². The minimum atomic E-state index is -0.186. The van der Waals surface area contributed by atoms with E-state index >= 15 is 0 Å². The van der Waals surface area contributed by atoms with E-state index in [1.54, 1.807) is 0 Å². The number of nitrogens with two attached hydrogens (primary N) is 2. The maximum absolute atomic E-state index is 10.8. The molecular formula is C11H23N3O. The molecule has 1 atom stereocenters. The van der Waals surface area contributed by atoms with Crippen LogP contribution in [0.25, 0.3) is 0 Å². The highest BCUT2D eigenvalue weighted by atomic mass is 16.1. The molecule has 1 aliphatic rings. The number of primary amides is 1. The Morgan fingerprint density at radius 3 is 2.73 bits per heavy atom. The van der Waals surface area contributed by atoms with E-state index in [1.807, 2.05) is 13.8 Å². The lowest BCUT2D eigenvalue weighted by molar-refractivity contribution is -0.119. The minimum Gasteiger partial charge on any atom is -0.370 e. The summed E-state index contributed by atoms with van der Waals surface area (Å²) in [6, 6.07) is 0. The minimum absolute atomic E-state index is 0.158. The number of carbonyl (C=O) groups is 1. The van der Waals surface area contributed by atoms with Crippen LogP contribution in [-0.4, -0.2) is 36.0 Å². The zero-order chi connectivity index (χ0) is 11.5. The molecule has 0 saturated carbocycles. The summed E-state index contributed by atoms with van der Waals surface area (Å²) in [7, 11) is 0. The van der Waals surface area contributed by atoms with E-state index in [9.17, 15) is 4.79 Å². The summed E-state index contributed by atoms with van der Waals surface area (Å²) in [5.74, 6) is 0.243. The molecule has 0 radical (unpaired) electrons. The molecule has 0 aromatic carbocycles. The fourth-order valence-electron chi connectivity index (χ4n) is 2.32. The number of carbonyl (C=O) groups excluding carboxylic acids is 1. The van der Waals surface area contributed by atoms with Gasteiger partial charge in [0.25, 0.3) is 0 Å². The van der Waals surface area contributed by atoms with Crippen LogP contribution in [0.3, 0.4) is 0 Å². The standard InChI is InChI=1S/C11H23N3O/c1-11(2,13)8-14-5-3-4-9(7-14)6-10(12)15/h9H,3-8,13H2,1-2H3,(H2,12,15). The van der Waals surface area contributed by atoms with Crippen LogP contribution in [0.5, 0.6) is 0 Å². The van der Waals surface area contributed by atoms with Crippen molar-refractivity contribution in [1.82, 2.24) is 4.90 Å². The molecule has 1 saturated heterocycles. The number of rotatable bonds is 4. The van der Waals surface area contributed by atoms with Crippen LogP contribution in [0, 0.1) is 5.92 Å². The molecule has 0 aromatic heterocycles. The van der Waals surface area contributed by atoms with Gasteiger partial charge in [-0.25, -0.2) is 0 Å². The molecule has 1 heterocycles. The first-order valence-corrected chi connectivity index (χ1v) is 5.66. The SMILES string of the molecule is CC(C)(N)CN1CCCC(CC(N)=O)C1. The van der Waals surface area contributed by atoms with Crippen LogP contribution in [0.15, 0.2) is 0 Å². The molecule has 1 aliphatic heterocycles. The lowest BCUT2D eigenvalue weighted by Crippen LogP contribution is -2.48.